The number of nitrogens with zero attached hydrogens (tertiary/aromatic N) is 4. The molecule has 1 atom stereocenters. The van der Waals surface area contributed by atoms with Crippen LogP contribution in [0.2, 0.25) is 0 Å². The molecule has 0 saturated carbocycles. The third-order valence-electron chi connectivity index (χ3n) is 4.69. The van der Waals surface area contributed by atoms with Gasteiger partial charge in [-0.3, -0.25) is 0 Å². The highest BCUT2D eigenvalue weighted by molar-refractivity contribution is 5.91. The van der Waals surface area contributed by atoms with Crippen molar-refractivity contribution in [1.82, 2.24) is 19.6 Å². The molecule has 0 N–H and O–H groups in total. The fraction of sp³-hybridized carbons (Fsp3) is 0.150. The van der Waals surface area contributed by atoms with E-state index in [-0.39, 0.29) is 29.3 Å². The maximum atomic E-state index is 14.4. The summed E-state index contributed by atoms with van der Waals surface area (Å²) in [5, 5.41) is 4.35. The predicted octanol–water partition coefficient (Wildman–Crippen LogP) is 3.73. The number of fused-ring (bicyclic) bond motifs is 3. The van der Waals surface area contributed by atoms with Crippen LogP contribution in [0, 0.1) is 11.6 Å². The predicted molar refractivity (Wildman–Crippen MR) is 96.2 cm³/mol. The van der Waals surface area contributed by atoms with Crippen molar-refractivity contribution in [3.63, 3.8) is 0 Å². The van der Waals surface area contributed by atoms with Gasteiger partial charge in [0.05, 0.1) is 16.8 Å². The molecule has 0 bridgehead atoms. The van der Waals surface area contributed by atoms with Crippen LogP contribution < -0.4 is 0 Å². The molecule has 1 aliphatic heterocycles. The molecule has 140 valence electrons. The van der Waals surface area contributed by atoms with Crippen molar-refractivity contribution in [3.8, 4) is 0 Å². The van der Waals surface area contributed by atoms with Crippen LogP contribution in [0.25, 0.3) is 16.6 Å². The van der Waals surface area contributed by atoms with Crippen LogP contribution in [-0.4, -0.2) is 26.4 Å². The Balaban J connectivity index is 1.74. The lowest BCUT2D eigenvalue weighted by molar-refractivity contribution is 0.0747. The Kier molecular flexibility index (Phi) is 3.89. The first-order valence-corrected chi connectivity index (χ1v) is 8.67. The normalized spacial score (nSPS) is 14.7. The van der Waals surface area contributed by atoms with E-state index in [9.17, 15) is 8.78 Å². The van der Waals surface area contributed by atoms with E-state index >= 15 is 0 Å². The second kappa shape index (κ2) is 6.56. The Labute approximate surface area is 158 Å². The van der Waals surface area contributed by atoms with Gasteiger partial charge in [-0.15, -0.1) is 0 Å². The molecule has 1 aliphatic rings. The smallest absolute Gasteiger partial charge is 0.229 e. The molecule has 0 radical (unpaired) electrons. The van der Waals surface area contributed by atoms with Crippen molar-refractivity contribution in [2.24, 2.45) is 0 Å². The van der Waals surface area contributed by atoms with Gasteiger partial charge in [0, 0.05) is 12.1 Å². The molecular weight excluding hydrogens is 366 g/mol. The van der Waals surface area contributed by atoms with Crippen LogP contribution in [0.3, 0.4) is 0 Å². The van der Waals surface area contributed by atoms with Crippen LogP contribution in [-0.2, 0) is 15.9 Å². The van der Waals surface area contributed by atoms with Gasteiger partial charge in [-0.1, -0.05) is 30.3 Å². The van der Waals surface area contributed by atoms with Crippen LogP contribution in [0.1, 0.15) is 17.3 Å². The van der Waals surface area contributed by atoms with E-state index in [1.165, 1.54) is 23.2 Å². The Hall–Kier alpha value is -3.55. The van der Waals surface area contributed by atoms with Crippen molar-refractivity contribution in [3.05, 3.63) is 83.8 Å². The molecule has 1 unspecified atom stereocenters. The highest BCUT2D eigenvalue weighted by atomic mass is 19.1. The second-order valence-corrected chi connectivity index (χ2v) is 6.44. The minimum Gasteiger partial charge on any atom is -0.462 e. The van der Waals surface area contributed by atoms with Gasteiger partial charge in [0.2, 0.25) is 6.79 Å². The van der Waals surface area contributed by atoms with Crippen molar-refractivity contribution in [1.29, 1.82) is 0 Å². The average molecular weight is 380 g/mol. The number of rotatable bonds is 4. The highest BCUT2D eigenvalue weighted by Crippen LogP contribution is 2.33. The molecule has 0 fully saturated rings. The topological polar surface area (TPSA) is 61.5 Å². The summed E-state index contributed by atoms with van der Waals surface area (Å²) in [5.74, 6) is -0.766. The molecule has 0 aliphatic carbocycles. The van der Waals surface area contributed by atoms with Gasteiger partial charge in [-0.05, 0) is 12.0 Å². The van der Waals surface area contributed by atoms with Crippen LogP contribution in [0.4, 0.5) is 8.78 Å². The quantitative estimate of drug-likeness (QED) is 0.540. The summed E-state index contributed by atoms with van der Waals surface area (Å²) >= 11 is 0. The van der Waals surface area contributed by atoms with Crippen molar-refractivity contribution in [2.45, 2.75) is 12.3 Å². The largest absolute Gasteiger partial charge is 0.462 e. The minimum atomic E-state index is -0.730. The maximum Gasteiger partial charge on any atom is 0.229 e. The molecule has 8 heteroatoms. The molecule has 4 aromatic rings. The van der Waals surface area contributed by atoms with Crippen LogP contribution in [0.15, 0.2) is 60.8 Å². The zero-order chi connectivity index (χ0) is 19.1. The summed E-state index contributed by atoms with van der Waals surface area (Å²) in [6.45, 7) is 0.109. The third-order valence-corrected chi connectivity index (χ3v) is 4.69. The van der Waals surface area contributed by atoms with Crippen LogP contribution >= 0.6 is 0 Å². The molecule has 6 nitrogen and oxygen atoms in total. The fourth-order valence-electron chi connectivity index (χ4n) is 3.45. The van der Waals surface area contributed by atoms with Gasteiger partial charge >= 0.3 is 0 Å². The van der Waals surface area contributed by atoms with E-state index in [0.29, 0.717) is 18.0 Å². The Bertz CT molecular complexity index is 1210. The van der Waals surface area contributed by atoms with Crippen molar-refractivity contribution < 1.29 is 18.3 Å². The van der Waals surface area contributed by atoms with E-state index in [4.69, 9.17) is 9.47 Å². The van der Waals surface area contributed by atoms with E-state index in [2.05, 4.69) is 15.1 Å². The molecule has 0 spiro atoms. The Morgan fingerprint density at radius 1 is 1.14 bits per heavy atom. The van der Waals surface area contributed by atoms with Crippen LogP contribution in [0.5, 0.6) is 0 Å². The van der Waals surface area contributed by atoms with Gasteiger partial charge in [0.25, 0.3) is 0 Å². The fourth-order valence-corrected chi connectivity index (χ4v) is 3.45. The molecule has 2 aromatic heterocycles. The third kappa shape index (κ3) is 2.74. The molecule has 0 amide bonds. The lowest BCUT2D eigenvalue weighted by Gasteiger charge is -2.18. The summed E-state index contributed by atoms with van der Waals surface area (Å²) in [4.78, 5) is 8.71. The minimum absolute atomic E-state index is 0.109. The number of hydrogen-bond donors (Lipinski definition) is 0. The van der Waals surface area contributed by atoms with E-state index in [1.807, 2.05) is 30.3 Å². The average Bonchev–Trinajstić information content (AvgIpc) is 3.38. The lowest BCUT2D eigenvalue weighted by atomic mass is 9.96. The van der Waals surface area contributed by atoms with Gasteiger partial charge in [-0.25, -0.2) is 18.7 Å². The van der Waals surface area contributed by atoms with E-state index < -0.39 is 11.6 Å². The number of aromatic nitrogens is 4. The van der Waals surface area contributed by atoms with Crippen molar-refractivity contribution in [2.75, 3.05) is 6.79 Å². The summed E-state index contributed by atoms with van der Waals surface area (Å²) in [7, 11) is 0. The first-order chi connectivity index (χ1) is 13.7. The summed E-state index contributed by atoms with van der Waals surface area (Å²) in [5.41, 5.74) is 1.49. The van der Waals surface area contributed by atoms with Gasteiger partial charge in [0.15, 0.2) is 5.65 Å². The number of hydrogen-bond acceptors (Lipinski definition) is 5. The van der Waals surface area contributed by atoms with Crippen molar-refractivity contribution >= 4 is 16.6 Å². The Morgan fingerprint density at radius 3 is 2.79 bits per heavy atom. The molecule has 2 aromatic carbocycles. The molecular formula is C20H14F2N4O2. The standard InChI is InChI=1S/C20H14F2N4O2/c21-13-7-15(22)18-16(8-13)25-19(26-20(18)23-10-24-26)14(17-9-27-11-28-17)6-12-4-2-1-3-5-12/h1-5,7-10,14H,6,11H2. The SMILES string of the molecule is Fc1cc(F)c2c(c1)nc(C(Cc1ccccc1)C1=COCO1)n1ncnc21. The zero-order valence-corrected chi connectivity index (χ0v) is 14.5. The van der Waals surface area contributed by atoms with E-state index in [0.717, 1.165) is 11.6 Å². The maximum absolute atomic E-state index is 14.4. The van der Waals surface area contributed by atoms with Gasteiger partial charge in [0.1, 0.15) is 35.8 Å². The van der Waals surface area contributed by atoms with Gasteiger partial charge < -0.3 is 9.47 Å². The van der Waals surface area contributed by atoms with Gasteiger partial charge in [-0.2, -0.15) is 9.61 Å². The lowest BCUT2D eigenvalue weighted by Crippen LogP contribution is -2.15. The van der Waals surface area contributed by atoms with E-state index in [1.54, 1.807) is 0 Å². The number of ether oxygens (including phenoxy) is 2. The summed E-state index contributed by atoms with van der Waals surface area (Å²) in [6.07, 6.45) is 3.40. The second-order valence-electron chi connectivity index (χ2n) is 6.44. The Morgan fingerprint density at radius 2 is 2.00 bits per heavy atom. The molecule has 5 rings (SSSR count). The number of halogens is 2. The zero-order valence-electron chi connectivity index (χ0n) is 14.5. The molecule has 3 heterocycles. The summed E-state index contributed by atoms with van der Waals surface area (Å²) < 4.78 is 40.6. The number of benzene rings is 2. The first kappa shape index (κ1) is 16.6. The highest BCUT2D eigenvalue weighted by Gasteiger charge is 2.28. The molecule has 28 heavy (non-hydrogen) atoms. The first-order valence-electron chi connectivity index (χ1n) is 8.67. The molecule has 0 saturated heterocycles. The monoisotopic (exact) mass is 380 g/mol. The summed E-state index contributed by atoms with van der Waals surface area (Å²) in [6, 6.07) is 11.8. The number of allylic oxidation sites excluding steroid dienone is 1.